The normalized spacial score (nSPS) is 9.56. The summed E-state index contributed by atoms with van der Waals surface area (Å²) in [6, 6.07) is 0. The number of nitrogens with one attached hydrogen (secondary N) is 1. The third-order valence-electron chi connectivity index (χ3n) is 1.59. The van der Waals surface area contributed by atoms with Crippen LogP contribution in [0, 0.1) is 0 Å². The Balaban J connectivity index is 2.56. The van der Waals surface area contributed by atoms with E-state index in [2.05, 4.69) is 20.0 Å². The number of ether oxygens (including phenoxy) is 1. The molecule has 0 saturated carbocycles. The summed E-state index contributed by atoms with van der Waals surface area (Å²) in [5.41, 5.74) is 4.92. The number of nitrogens with two attached hydrogens (primary N) is 1. The van der Waals surface area contributed by atoms with Crippen LogP contribution in [0.15, 0.2) is 6.33 Å². The van der Waals surface area contributed by atoms with E-state index in [1.807, 2.05) is 0 Å². The zero-order valence-corrected chi connectivity index (χ0v) is 8.90. The Bertz CT molecular complexity index is 399. The van der Waals surface area contributed by atoms with Crippen molar-refractivity contribution in [1.82, 2.24) is 9.97 Å². The Kier molecular flexibility index (Phi) is 4.46. The molecule has 0 spiro atoms. The largest absolute Gasteiger partial charge is 0.448 e. The molecule has 3 N–H and O–H groups in total. The molecular weight excluding hydrogens is 236 g/mol. The lowest BCUT2D eigenvalue weighted by atomic mass is 10.3. The Morgan fingerprint density at radius 2 is 2.38 bits per heavy atom. The van der Waals surface area contributed by atoms with Gasteiger partial charge in [-0.1, -0.05) is 11.6 Å². The smallest absolute Gasteiger partial charge is 0.404 e. The molecule has 0 aliphatic carbocycles. The van der Waals surface area contributed by atoms with Gasteiger partial charge < -0.3 is 15.8 Å². The Morgan fingerprint density at radius 1 is 1.62 bits per heavy atom. The van der Waals surface area contributed by atoms with E-state index in [0.29, 0.717) is 6.29 Å². The van der Waals surface area contributed by atoms with Crippen molar-refractivity contribution >= 4 is 29.8 Å². The van der Waals surface area contributed by atoms with Crippen LogP contribution in [0.3, 0.4) is 0 Å². The monoisotopic (exact) mass is 244 g/mol. The van der Waals surface area contributed by atoms with Gasteiger partial charge in [0, 0.05) is 0 Å². The number of hydrogen-bond donors (Lipinski definition) is 2. The van der Waals surface area contributed by atoms with Crippen LogP contribution in [0.25, 0.3) is 0 Å². The number of amides is 1. The van der Waals surface area contributed by atoms with Crippen LogP contribution < -0.4 is 11.1 Å². The molecule has 0 atom stereocenters. The van der Waals surface area contributed by atoms with Gasteiger partial charge in [0.1, 0.15) is 23.9 Å². The van der Waals surface area contributed by atoms with Crippen molar-refractivity contribution in [1.29, 1.82) is 0 Å². The number of anilines is 1. The molecule has 0 aliphatic rings. The second-order valence-corrected chi connectivity index (χ2v) is 3.00. The van der Waals surface area contributed by atoms with Gasteiger partial charge in [0.2, 0.25) is 0 Å². The number of aromatic nitrogens is 2. The summed E-state index contributed by atoms with van der Waals surface area (Å²) >= 11 is 5.67. The fraction of sp³-hybridized carbons (Fsp3) is 0.250. The lowest BCUT2D eigenvalue weighted by Crippen LogP contribution is -2.19. The van der Waals surface area contributed by atoms with Crippen molar-refractivity contribution in [3.8, 4) is 0 Å². The molecule has 0 unspecified atom stereocenters. The number of hydrogen-bond acceptors (Lipinski definition) is 6. The van der Waals surface area contributed by atoms with Crippen LogP contribution in [-0.2, 0) is 4.74 Å². The second-order valence-electron chi connectivity index (χ2n) is 2.64. The highest BCUT2D eigenvalue weighted by Gasteiger charge is 2.08. The van der Waals surface area contributed by atoms with Crippen molar-refractivity contribution < 1.29 is 14.3 Å². The summed E-state index contributed by atoms with van der Waals surface area (Å²) in [6.07, 6.45) is 0.893. The molecule has 1 heterocycles. The van der Waals surface area contributed by atoms with E-state index < -0.39 is 6.09 Å². The topological polar surface area (TPSA) is 107 Å². The van der Waals surface area contributed by atoms with E-state index >= 15 is 0 Å². The Morgan fingerprint density at radius 3 is 3.00 bits per heavy atom. The number of primary amides is 1. The average Bonchev–Trinajstić information content (AvgIpc) is 2.24. The molecule has 0 fully saturated rings. The van der Waals surface area contributed by atoms with Gasteiger partial charge in [-0.15, -0.1) is 0 Å². The van der Waals surface area contributed by atoms with Crippen molar-refractivity contribution in [2.24, 2.45) is 5.73 Å². The van der Waals surface area contributed by atoms with Gasteiger partial charge in [-0.05, 0) is 0 Å². The molecule has 7 nitrogen and oxygen atoms in total. The van der Waals surface area contributed by atoms with E-state index in [1.54, 1.807) is 0 Å². The minimum Gasteiger partial charge on any atom is -0.448 e. The first-order valence-corrected chi connectivity index (χ1v) is 4.64. The summed E-state index contributed by atoms with van der Waals surface area (Å²) in [4.78, 5) is 28.4. The molecule has 1 rings (SSSR count). The molecular formula is C8H9ClN4O3. The fourth-order valence-corrected chi connectivity index (χ4v) is 1.12. The van der Waals surface area contributed by atoms with E-state index in [4.69, 9.17) is 17.3 Å². The predicted octanol–water partition coefficient (Wildman–Crippen LogP) is 0.450. The third-order valence-corrected chi connectivity index (χ3v) is 1.89. The molecule has 0 aliphatic heterocycles. The number of rotatable bonds is 5. The molecule has 16 heavy (non-hydrogen) atoms. The first-order chi connectivity index (χ1) is 7.65. The summed E-state index contributed by atoms with van der Waals surface area (Å²) in [6.45, 7) is 0.326. The summed E-state index contributed by atoms with van der Waals surface area (Å²) in [5.74, 6) is 0.281. The zero-order chi connectivity index (χ0) is 12.0. The SMILES string of the molecule is NC(=O)OCCNc1ncnc(Cl)c1C=O. The maximum Gasteiger partial charge on any atom is 0.404 e. The van der Waals surface area contributed by atoms with Crippen molar-refractivity contribution in [2.75, 3.05) is 18.5 Å². The zero-order valence-electron chi connectivity index (χ0n) is 8.14. The second kappa shape index (κ2) is 5.86. The molecule has 0 saturated heterocycles. The Hall–Kier alpha value is -1.89. The van der Waals surface area contributed by atoms with Crippen LogP contribution in [-0.4, -0.2) is 35.5 Å². The van der Waals surface area contributed by atoms with Gasteiger partial charge in [0.05, 0.1) is 12.1 Å². The van der Waals surface area contributed by atoms with Gasteiger partial charge in [-0.25, -0.2) is 14.8 Å². The number of halogens is 1. The molecule has 1 aromatic rings. The molecule has 1 aromatic heterocycles. The minimum atomic E-state index is -0.863. The van der Waals surface area contributed by atoms with Gasteiger partial charge >= 0.3 is 6.09 Å². The first-order valence-electron chi connectivity index (χ1n) is 4.27. The molecule has 0 radical (unpaired) electrons. The van der Waals surface area contributed by atoms with E-state index in [0.717, 1.165) is 0 Å². The van der Waals surface area contributed by atoms with Gasteiger partial charge in [0.25, 0.3) is 0 Å². The molecule has 0 aromatic carbocycles. The van der Waals surface area contributed by atoms with Gasteiger partial charge in [-0.3, -0.25) is 4.79 Å². The summed E-state index contributed by atoms with van der Waals surface area (Å²) in [7, 11) is 0. The number of nitrogens with zero attached hydrogens (tertiary/aromatic N) is 2. The van der Waals surface area contributed by atoms with Crippen LogP contribution in [0.4, 0.5) is 10.6 Å². The molecule has 86 valence electrons. The molecule has 1 amide bonds. The van der Waals surface area contributed by atoms with Gasteiger partial charge in [0.15, 0.2) is 6.29 Å². The van der Waals surface area contributed by atoms with Crippen LogP contribution in [0.2, 0.25) is 5.15 Å². The Labute approximate surface area is 96.0 Å². The lowest BCUT2D eigenvalue weighted by Gasteiger charge is -2.07. The minimum absolute atomic E-state index is 0.0586. The quantitative estimate of drug-likeness (QED) is 0.442. The molecule has 8 heteroatoms. The first kappa shape index (κ1) is 12.2. The fourth-order valence-electron chi connectivity index (χ4n) is 0.940. The predicted molar refractivity (Wildman–Crippen MR) is 56.5 cm³/mol. The van der Waals surface area contributed by atoms with Crippen molar-refractivity contribution in [3.05, 3.63) is 17.0 Å². The van der Waals surface area contributed by atoms with Crippen molar-refractivity contribution in [2.45, 2.75) is 0 Å². The standard InChI is InChI=1S/C8H9ClN4O3/c9-6-5(3-14)7(13-4-12-6)11-1-2-16-8(10)15/h3-4H,1-2H2,(H2,10,15)(H,11,12,13). The average molecular weight is 245 g/mol. The van der Waals surface area contributed by atoms with E-state index in [1.165, 1.54) is 6.33 Å². The molecule has 0 bridgehead atoms. The number of carbonyl (C=O) groups is 2. The van der Waals surface area contributed by atoms with Crippen LogP contribution in [0.5, 0.6) is 0 Å². The summed E-state index contributed by atoms with van der Waals surface area (Å²) < 4.78 is 4.48. The van der Waals surface area contributed by atoms with Crippen LogP contribution >= 0.6 is 11.6 Å². The number of carbonyl (C=O) groups excluding carboxylic acids is 2. The maximum atomic E-state index is 10.7. The lowest BCUT2D eigenvalue weighted by molar-refractivity contribution is 0.112. The third kappa shape index (κ3) is 3.35. The van der Waals surface area contributed by atoms with Crippen molar-refractivity contribution in [3.63, 3.8) is 0 Å². The highest BCUT2D eigenvalue weighted by molar-refractivity contribution is 6.32. The number of aldehydes is 1. The highest BCUT2D eigenvalue weighted by atomic mass is 35.5. The van der Waals surface area contributed by atoms with E-state index in [-0.39, 0.29) is 29.7 Å². The van der Waals surface area contributed by atoms with Crippen LogP contribution in [0.1, 0.15) is 10.4 Å². The summed E-state index contributed by atoms with van der Waals surface area (Å²) in [5, 5.41) is 2.82. The van der Waals surface area contributed by atoms with Gasteiger partial charge in [-0.2, -0.15) is 0 Å². The highest BCUT2D eigenvalue weighted by Crippen LogP contribution is 2.16. The van der Waals surface area contributed by atoms with E-state index in [9.17, 15) is 9.59 Å². The maximum absolute atomic E-state index is 10.7.